The van der Waals surface area contributed by atoms with E-state index in [4.69, 9.17) is 8.47 Å². The maximum Gasteiger partial charge on any atom is 0.444 e. The first-order chi connectivity index (χ1) is 14.7. The fraction of sp³-hybridized carbons (Fsp3) is 1.00. The molecule has 1 N–H and O–H groups in total. The molecular weight excluding hydrogens is 414 g/mol. The van der Waals surface area contributed by atoms with Crippen molar-refractivity contribution in [2.45, 2.75) is 97.7 Å². The number of aliphatic hydroxyl groups is 1. The third-order valence-electron chi connectivity index (χ3n) is 10.1. The number of hydrogen-bond acceptors (Lipinski definition) is 5. The van der Waals surface area contributed by atoms with Crippen LogP contribution in [0.1, 0.15) is 85.5 Å². The lowest BCUT2D eigenvalue weighted by molar-refractivity contribution is -1.08. The van der Waals surface area contributed by atoms with Gasteiger partial charge in [0.05, 0.1) is 12.2 Å². The van der Waals surface area contributed by atoms with Gasteiger partial charge in [0.2, 0.25) is 0 Å². The highest BCUT2D eigenvalue weighted by molar-refractivity contribution is 7.81. The first-order valence-electron chi connectivity index (χ1n) is 12.9. The largest absolute Gasteiger partial charge is 0.444 e. The van der Waals surface area contributed by atoms with Crippen LogP contribution in [0.15, 0.2) is 0 Å². The number of hydroxylamine groups is 3. The van der Waals surface area contributed by atoms with Gasteiger partial charge in [-0.1, -0.05) is 6.92 Å². The highest BCUT2D eigenvalue weighted by Crippen LogP contribution is 2.63. The van der Waals surface area contributed by atoms with Crippen LogP contribution in [-0.2, 0) is 18.9 Å². The van der Waals surface area contributed by atoms with E-state index in [-0.39, 0.29) is 22.3 Å². The predicted molar refractivity (Wildman–Crippen MR) is 120 cm³/mol. The van der Waals surface area contributed by atoms with E-state index in [2.05, 4.69) is 6.92 Å². The number of nitrogens with zero attached hydrogens (tertiary/aromatic N) is 1. The molecule has 0 amide bonds. The van der Waals surface area contributed by atoms with Crippen molar-refractivity contribution in [3.05, 3.63) is 0 Å². The Balaban J connectivity index is 1.46. The van der Waals surface area contributed by atoms with Gasteiger partial charge in [-0.05, 0) is 118 Å². The molecule has 4 rings (SSSR count). The Hall–Kier alpha value is -0.210. The van der Waals surface area contributed by atoms with Gasteiger partial charge in [0.15, 0.2) is 0 Å². The van der Waals surface area contributed by atoms with Crippen molar-refractivity contribution in [1.82, 2.24) is 0 Å². The van der Waals surface area contributed by atoms with Crippen molar-refractivity contribution in [1.29, 1.82) is 0 Å². The minimum atomic E-state index is -4.06. The maximum absolute atomic E-state index is 12.9. The van der Waals surface area contributed by atoms with Gasteiger partial charge in [0, 0.05) is 0 Å². The number of quaternary nitrogens is 1. The summed E-state index contributed by atoms with van der Waals surface area (Å²) in [5.41, 5.74) is -0.0844. The molecule has 0 aliphatic heterocycles. The summed E-state index contributed by atoms with van der Waals surface area (Å²) in [6.45, 7) is 9.94. The van der Waals surface area contributed by atoms with Gasteiger partial charge in [-0.25, -0.2) is 4.18 Å². The first kappa shape index (κ1) is 23.9. The fourth-order valence-corrected chi connectivity index (χ4v) is 9.46. The molecule has 180 valence electrons. The lowest BCUT2D eigenvalue weighted by Gasteiger charge is -2.55. The van der Waals surface area contributed by atoms with Gasteiger partial charge < -0.3 is 5.11 Å². The van der Waals surface area contributed by atoms with Crippen LogP contribution in [0.2, 0.25) is 0 Å². The fourth-order valence-electron chi connectivity index (χ4n) is 8.12. The Kier molecular flexibility index (Phi) is 6.84. The SMILES string of the molecule is CC[N+](CC)(CC)OS(=O)(=O)OC1CC[C@H]2[C@@H]3CC[C@H]4C[C@H](O)CC[C@@H]4[C@H]3CC[C@]12C. The van der Waals surface area contributed by atoms with Crippen LogP contribution in [-0.4, -0.2) is 50.0 Å². The van der Waals surface area contributed by atoms with E-state index in [0.717, 1.165) is 43.9 Å². The Morgan fingerprint density at radius 1 is 0.903 bits per heavy atom. The molecule has 0 spiro atoms. The summed E-state index contributed by atoms with van der Waals surface area (Å²) in [6, 6.07) is 0. The summed E-state index contributed by atoms with van der Waals surface area (Å²) >= 11 is 0. The van der Waals surface area contributed by atoms with Crippen molar-refractivity contribution in [3.63, 3.8) is 0 Å². The van der Waals surface area contributed by atoms with E-state index in [1.54, 1.807) is 0 Å². The van der Waals surface area contributed by atoms with Crippen molar-refractivity contribution < 1.29 is 26.6 Å². The highest BCUT2D eigenvalue weighted by atomic mass is 32.3. The lowest BCUT2D eigenvalue weighted by Crippen LogP contribution is -2.52. The molecule has 4 fully saturated rings. The molecule has 0 aromatic heterocycles. The van der Waals surface area contributed by atoms with Crippen LogP contribution >= 0.6 is 0 Å². The minimum absolute atomic E-state index is 0.0782. The molecule has 4 aliphatic rings. The Bertz CT molecular complexity index is 730. The summed E-state index contributed by atoms with van der Waals surface area (Å²) in [4.78, 5) is 0. The molecule has 0 saturated heterocycles. The predicted octanol–water partition coefficient (Wildman–Crippen LogP) is 4.44. The minimum Gasteiger partial charge on any atom is -0.393 e. The second kappa shape index (κ2) is 8.86. The topological polar surface area (TPSA) is 72.8 Å². The quantitative estimate of drug-likeness (QED) is 0.451. The zero-order valence-corrected chi connectivity index (χ0v) is 20.8. The van der Waals surface area contributed by atoms with Crippen LogP contribution < -0.4 is 0 Å². The zero-order chi connectivity index (χ0) is 22.4. The molecule has 0 bridgehead atoms. The molecule has 4 aliphatic carbocycles. The summed E-state index contributed by atoms with van der Waals surface area (Å²) in [7, 11) is -4.06. The van der Waals surface area contributed by atoms with Gasteiger partial charge in [0.1, 0.15) is 19.6 Å². The molecule has 4 saturated carbocycles. The normalized spacial score (nSPS) is 43.2. The average Bonchev–Trinajstić information content (AvgIpc) is 3.07. The second-order valence-electron chi connectivity index (χ2n) is 11.1. The molecule has 0 aromatic rings. The van der Waals surface area contributed by atoms with Gasteiger partial charge >= 0.3 is 10.4 Å². The smallest absolute Gasteiger partial charge is 0.393 e. The second-order valence-corrected chi connectivity index (χ2v) is 12.3. The van der Waals surface area contributed by atoms with Gasteiger partial charge in [0.25, 0.3) is 0 Å². The third kappa shape index (κ3) is 4.34. The zero-order valence-electron chi connectivity index (χ0n) is 20.0. The maximum atomic E-state index is 12.9. The number of aliphatic hydroxyl groups excluding tert-OH is 1. The monoisotopic (exact) mass is 458 g/mol. The van der Waals surface area contributed by atoms with E-state index >= 15 is 0 Å². The van der Waals surface area contributed by atoms with Crippen LogP contribution in [0.4, 0.5) is 0 Å². The average molecular weight is 459 g/mol. The van der Waals surface area contributed by atoms with E-state index < -0.39 is 10.4 Å². The van der Waals surface area contributed by atoms with E-state index in [1.165, 1.54) is 25.7 Å². The van der Waals surface area contributed by atoms with Crippen molar-refractivity contribution in [3.8, 4) is 0 Å². The summed E-state index contributed by atoms with van der Waals surface area (Å²) in [6.07, 6.45) is 9.30. The summed E-state index contributed by atoms with van der Waals surface area (Å²) < 4.78 is 37.3. The molecule has 6 nitrogen and oxygen atoms in total. The first-order valence-corrected chi connectivity index (χ1v) is 14.2. The molecule has 0 aromatic carbocycles. The third-order valence-corrected chi connectivity index (χ3v) is 11.0. The van der Waals surface area contributed by atoms with Gasteiger partial charge in [-0.15, -0.1) is 0 Å². The molecule has 7 heteroatoms. The van der Waals surface area contributed by atoms with E-state index in [9.17, 15) is 13.5 Å². The Labute approximate surface area is 189 Å². The molecule has 1 unspecified atom stereocenters. The molecule has 0 heterocycles. The van der Waals surface area contributed by atoms with Crippen LogP contribution in [0.5, 0.6) is 0 Å². The van der Waals surface area contributed by atoms with Crippen LogP contribution in [0, 0.1) is 35.0 Å². The van der Waals surface area contributed by atoms with Crippen molar-refractivity contribution >= 4 is 10.4 Å². The lowest BCUT2D eigenvalue weighted by atomic mass is 9.50. The molecule has 8 atom stereocenters. The number of hydrogen-bond donors (Lipinski definition) is 1. The highest BCUT2D eigenvalue weighted by Gasteiger charge is 2.58. The van der Waals surface area contributed by atoms with Gasteiger partial charge in [-0.3, -0.25) is 0 Å². The molecule has 31 heavy (non-hydrogen) atoms. The van der Waals surface area contributed by atoms with E-state index in [0.29, 0.717) is 37.4 Å². The Morgan fingerprint density at radius 2 is 1.58 bits per heavy atom. The van der Waals surface area contributed by atoms with E-state index in [1.807, 2.05) is 20.8 Å². The van der Waals surface area contributed by atoms with Crippen LogP contribution in [0.25, 0.3) is 0 Å². The number of rotatable bonds is 7. The summed E-state index contributed by atoms with van der Waals surface area (Å²) in [5, 5.41) is 10.1. The summed E-state index contributed by atoms with van der Waals surface area (Å²) in [5.74, 6) is 3.43. The van der Waals surface area contributed by atoms with Crippen molar-refractivity contribution in [2.24, 2.45) is 35.0 Å². The molecular formula is C24H44NO5S+. The van der Waals surface area contributed by atoms with Crippen molar-refractivity contribution in [2.75, 3.05) is 19.6 Å². The Morgan fingerprint density at radius 3 is 2.26 bits per heavy atom. The number of fused-ring (bicyclic) bond motifs is 5. The van der Waals surface area contributed by atoms with Crippen LogP contribution in [0.3, 0.4) is 0 Å². The standard InChI is InChI=1S/C24H44NO5S/c1-5-25(6-2,7-3)30-31(27,28)29-23-13-12-22-21-10-8-17-16-18(26)9-11-19(17)20(21)14-15-24(22,23)4/h17-23,26H,5-16H2,1-4H3/q+1/t17-,18+,19-,20+,21+,22-,23?,24-/m0/s1. The molecule has 0 radical (unpaired) electrons. The van der Waals surface area contributed by atoms with Gasteiger partial charge in [-0.2, -0.15) is 13.1 Å².